The van der Waals surface area contributed by atoms with Gasteiger partial charge in [-0.2, -0.15) is 0 Å². The lowest BCUT2D eigenvalue weighted by atomic mass is 9.78. The van der Waals surface area contributed by atoms with Gasteiger partial charge in [0.15, 0.2) is 0 Å². The van der Waals surface area contributed by atoms with Crippen LogP contribution in [0.15, 0.2) is 12.8 Å². The summed E-state index contributed by atoms with van der Waals surface area (Å²) in [6.07, 6.45) is 6.63. The molecule has 1 fully saturated rings. The first-order valence-electron chi connectivity index (χ1n) is 6.87. The van der Waals surface area contributed by atoms with Crippen molar-refractivity contribution in [2.24, 2.45) is 0 Å². The van der Waals surface area contributed by atoms with Crippen molar-refractivity contribution in [2.75, 3.05) is 6.54 Å². The van der Waals surface area contributed by atoms with E-state index in [4.69, 9.17) is 4.74 Å². The van der Waals surface area contributed by atoms with E-state index in [1.807, 2.05) is 0 Å². The topological polar surface area (TPSA) is 12.5 Å². The highest BCUT2D eigenvalue weighted by Gasteiger charge is 2.45. The summed E-state index contributed by atoms with van der Waals surface area (Å²) in [5.74, 6) is 0. The van der Waals surface area contributed by atoms with Crippen LogP contribution in [0.1, 0.15) is 60.3 Å². The molecule has 0 spiro atoms. The van der Waals surface area contributed by atoms with Crippen LogP contribution in [-0.4, -0.2) is 28.6 Å². The summed E-state index contributed by atoms with van der Waals surface area (Å²) in [4.78, 5) is 2.66. The summed E-state index contributed by atoms with van der Waals surface area (Å²) in [5, 5.41) is 0. The quantitative estimate of drug-likeness (QED) is 0.673. The molecular weight excluding hydrogens is 210 g/mol. The Labute approximate surface area is 107 Å². The predicted molar refractivity (Wildman–Crippen MR) is 74.1 cm³/mol. The van der Waals surface area contributed by atoms with Crippen molar-refractivity contribution in [2.45, 2.75) is 77.5 Å². The Morgan fingerprint density at radius 2 is 1.76 bits per heavy atom. The number of piperidine rings is 1. The molecule has 0 atom stereocenters. The maximum absolute atomic E-state index is 5.64. The van der Waals surface area contributed by atoms with E-state index in [0.29, 0.717) is 6.10 Å². The monoisotopic (exact) mass is 239 g/mol. The zero-order valence-corrected chi connectivity index (χ0v) is 12.3. The smallest absolute Gasteiger partial charge is 0.101 e. The number of hydrogen-bond donors (Lipinski definition) is 0. The van der Waals surface area contributed by atoms with Crippen molar-refractivity contribution in [1.82, 2.24) is 4.90 Å². The minimum atomic E-state index is 0.213. The van der Waals surface area contributed by atoms with Crippen molar-refractivity contribution in [1.29, 1.82) is 0 Å². The molecule has 0 radical (unpaired) electrons. The van der Waals surface area contributed by atoms with E-state index in [2.05, 4.69) is 46.1 Å². The molecular formula is C15H29NO. The zero-order valence-electron chi connectivity index (χ0n) is 12.3. The van der Waals surface area contributed by atoms with Gasteiger partial charge < -0.3 is 4.74 Å². The third-order valence-corrected chi connectivity index (χ3v) is 3.94. The van der Waals surface area contributed by atoms with Gasteiger partial charge in [0.2, 0.25) is 0 Å². The standard InChI is InChI=1S/C15H29NO/c1-7-9-10-16-14(3,4)11-13(17-8-2)12-15(16,5)6/h8,13H,2,7,9-12H2,1,3-6H3. The average Bonchev–Trinajstić information content (AvgIpc) is 2.14. The number of ether oxygens (including phenoxy) is 1. The molecule has 1 saturated heterocycles. The highest BCUT2D eigenvalue weighted by atomic mass is 16.5. The van der Waals surface area contributed by atoms with Gasteiger partial charge in [0, 0.05) is 23.9 Å². The number of nitrogens with zero attached hydrogens (tertiary/aromatic N) is 1. The fourth-order valence-electron chi connectivity index (χ4n) is 3.38. The van der Waals surface area contributed by atoms with E-state index in [1.165, 1.54) is 19.4 Å². The van der Waals surface area contributed by atoms with Crippen LogP contribution in [0.4, 0.5) is 0 Å². The summed E-state index contributed by atoms with van der Waals surface area (Å²) in [5.41, 5.74) is 0.426. The van der Waals surface area contributed by atoms with Crippen molar-refractivity contribution in [3.05, 3.63) is 12.8 Å². The molecule has 2 nitrogen and oxygen atoms in total. The lowest BCUT2D eigenvalue weighted by Gasteiger charge is -2.55. The zero-order chi connectivity index (χ0) is 13.1. The molecule has 1 rings (SSSR count). The molecule has 0 aromatic rings. The average molecular weight is 239 g/mol. The molecule has 0 N–H and O–H groups in total. The molecule has 100 valence electrons. The first-order chi connectivity index (χ1) is 7.83. The second-order valence-corrected chi connectivity index (χ2v) is 6.46. The molecule has 0 amide bonds. The first-order valence-corrected chi connectivity index (χ1v) is 6.87. The number of likely N-dealkylation sites (tertiary alicyclic amines) is 1. The molecule has 0 bridgehead atoms. The fourth-order valence-corrected chi connectivity index (χ4v) is 3.38. The van der Waals surface area contributed by atoms with Crippen molar-refractivity contribution in [3.8, 4) is 0 Å². The Bertz CT molecular complexity index is 240. The van der Waals surface area contributed by atoms with Crippen LogP contribution in [0.2, 0.25) is 0 Å². The molecule has 2 heteroatoms. The third kappa shape index (κ3) is 3.48. The number of unbranched alkanes of at least 4 members (excludes halogenated alkanes) is 1. The van der Waals surface area contributed by atoms with Crippen LogP contribution >= 0.6 is 0 Å². The first kappa shape index (κ1) is 14.6. The van der Waals surface area contributed by atoms with Gasteiger partial charge in [-0.3, -0.25) is 4.90 Å². The van der Waals surface area contributed by atoms with Gasteiger partial charge in [-0.25, -0.2) is 0 Å². The molecule has 0 aromatic heterocycles. The van der Waals surface area contributed by atoms with Crippen LogP contribution in [0.3, 0.4) is 0 Å². The van der Waals surface area contributed by atoms with Gasteiger partial charge in [0.05, 0.1) is 6.26 Å². The lowest BCUT2D eigenvalue weighted by molar-refractivity contribution is -0.0842. The van der Waals surface area contributed by atoms with Crippen LogP contribution in [0.25, 0.3) is 0 Å². The van der Waals surface area contributed by atoms with Gasteiger partial charge in [-0.15, -0.1) is 0 Å². The normalized spacial score (nSPS) is 24.5. The molecule has 1 aliphatic rings. The van der Waals surface area contributed by atoms with Gasteiger partial charge in [0.25, 0.3) is 0 Å². The fraction of sp³-hybridized carbons (Fsp3) is 0.867. The second-order valence-electron chi connectivity index (χ2n) is 6.46. The molecule has 0 aliphatic carbocycles. The summed E-state index contributed by atoms with van der Waals surface area (Å²) in [7, 11) is 0. The Morgan fingerprint density at radius 3 is 2.18 bits per heavy atom. The van der Waals surface area contributed by atoms with E-state index in [0.717, 1.165) is 12.8 Å². The Hall–Kier alpha value is -0.500. The van der Waals surface area contributed by atoms with Gasteiger partial charge in [-0.05, 0) is 40.7 Å². The Morgan fingerprint density at radius 1 is 1.24 bits per heavy atom. The molecule has 1 aliphatic heterocycles. The summed E-state index contributed by atoms with van der Waals surface area (Å²) >= 11 is 0. The van der Waals surface area contributed by atoms with E-state index >= 15 is 0 Å². The van der Waals surface area contributed by atoms with Gasteiger partial charge >= 0.3 is 0 Å². The minimum Gasteiger partial charge on any atom is -0.499 e. The molecule has 17 heavy (non-hydrogen) atoms. The SMILES string of the molecule is C=COC1CC(C)(C)N(CCCC)C(C)(C)C1. The van der Waals surface area contributed by atoms with Crippen LogP contribution < -0.4 is 0 Å². The molecule has 0 unspecified atom stereocenters. The van der Waals surface area contributed by atoms with Crippen molar-refractivity contribution < 1.29 is 4.74 Å². The summed E-state index contributed by atoms with van der Waals surface area (Å²) in [6.45, 7) is 16.5. The molecule has 0 aromatic carbocycles. The van der Waals surface area contributed by atoms with Crippen molar-refractivity contribution >= 4 is 0 Å². The number of rotatable bonds is 5. The van der Waals surface area contributed by atoms with Gasteiger partial charge in [-0.1, -0.05) is 19.9 Å². The third-order valence-electron chi connectivity index (χ3n) is 3.94. The second kappa shape index (κ2) is 5.43. The largest absolute Gasteiger partial charge is 0.499 e. The van der Waals surface area contributed by atoms with E-state index in [1.54, 1.807) is 6.26 Å². The van der Waals surface area contributed by atoms with Crippen LogP contribution in [0, 0.1) is 0 Å². The lowest BCUT2D eigenvalue weighted by Crippen LogP contribution is -2.62. The van der Waals surface area contributed by atoms with E-state index in [9.17, 15) is 0 Å². The maximum atomic E-state index is 5.64. The Kier molecular flexibility index (Phi) is 4.65. The van der Waals surface area contributed by atoms with E-state index in [-0.39, 0.29) is 11.1 Å². The van der Waals surface area contributed by atoms with Crippen LogP contribution in [0.5, 0.6) is 0 Å². The van der Waals surface area contributed by atoms with E-state index < -0.39 is 0 Å². The predicted octanol–water partition coefficient (Wildman–Crippen LogP) is 3.97. The molecule has 0 saturated carbocycles. The summed E-state index contributed by atoms with van der Waals surface area (Å²) < 4.78 is 5.64. The maximum Gasteiger partial charge on any atom is 0.101 e. The van der Waals surface area contributed by atoms with Crippen LogP contribution in [-0.2, 0) is 4.74 Å². The molecule has 1 heterocycles. The number of hydrogen-bond acceptors (Lipinski definition) is 2. The highest BCUT2D eigenvalue weighted by molar-refractivity contribution is 5.00. The minimum absolute atomic E-state index is 0.213. The highest BCUT2D eigenvalue weighted by Crippen LogP contribution is 2.39. The van der Waals surface area contributed by atoms with Crippen molar-refractivity contribution in [3.63, 3.8) is 0 Å². The Balaban J connectivity index is 2.79. The van der Waals surface area contributed by atoms with Gasteiger partial charge in [0.1, 0.15) is 6.10 Å². The summed E-state index contributed by atoms with van der Waals surface area (Å²) in [6, 6.07) is 0.